The predicted molar refractivity (Wildman–Crippen MR) is 95.3 cm³/mol. The number of hydrogen-bond donors (Lipinski definition) is 0. The van der Waals surface area contributed by atoms with Crippen molar-refractivity contribution in [1.29, 1.82) is 0 Å². The van der Waals surface area contributed by atoms with Gasteiger partial charge in [-0.15, -0.1) is 0 Å². The topological polar surface area (TPSA) is 80.5 Å². The summed E-state index contributed by atoms with van der Waals surface area (Å²) in [5.74, 6) is -0.582. The summed E-state index contributed by atoms with van der Waals surface area (Å²) in [6.45, 7) is 0. The van der Waals surface area contributed by atoms with E-state index in [1.165, 1.54) is 36.4 Å². The third kappa shape index (κ3) is 3.27. The van der Waals surface area contributed by atoms with Crippen LogP contribution in [0.3, 0.4) is 0 Å². The number of halogens is 1. The van der Waals surface area contributed by atoms with Gasteiger partial charge in [0.2, 0.25) is 0 Å². The van der Waals surface area contributed by atoms with Gasteiger partial charge >= 0.3 is 0 Å². The van der Waals surface area contributed by atoms with Gasteiger partial charge in [-0.2, -0.15) is 0 Å². The van der Waals surface area contributed by atoms with E-state index in [4.69, 9.17) is 0 Å². The molecule has 0 heterocycles. The van der Waals surface area contributed by atoms with Crippen LogP contribution in [0, 0.1) is 15.9 Å². The summed E-state index contributed by atoms with van der Waals surface area (Å²) in [4.78, 5) is 10.6. The molecule has 0 unspecified atom stereocenters. The highest BCUT2D eigenvalue weighted by Gasteiger charge is 2.31. The van der Waals surface area contributed by atoms with Gasteiger partial charge in [0.15, 0.2) is 0 Å². The molecule has 0 aliphatic carbocycles. The fraction of sp³-hybridized carbons (Fsp3) is 0. The Balaban J connectivity index is 2.27. The molecule has 0 aliphatic rings. The van der Waals surface area contributed by atoms with Crippen LogP contribution in [0.2, 0.25) is 0 Å². The normalized spacial score (nSPS) is 11.1. The van der Waals surface area contributed by atoms with Gasteiger partial charge < -0.3 is 0 Å². The molecular weight excluding hydrogens is 359 g/mol. The van der Waals surface area contributed by atoms with Crippen LogP contribution < -0.4 is 4.31 Å². The summed E-state index contributed by atoms with van der Waals surface area (Å²) in [6, 6.07) is 17.8. The first-order chi connectivity index (χ1) is 12.4. The number of benzene rings is 3. The first-order valence-corrected chi connectivity index (χ1v) is 8.94. The minimum absolute atomic E-state index is 0.104. The lowest BCUT2D eigenvalue weighted by Gasteiger charge is -2.24. The maximum atomic E-state index is 13.2. The Kier molecular flexibility index (Phi) is 4.68. The standard InChI is InChI=1S/C18H13FN2O4S/c19-14-10-12-16(13-11-14)26(24,25)20(15-6-2-1-3-7-15)17-8-4-5-9-18(17)21(22)23/h1-13H. The number of sulfonamides is 1. The molecule has 0 N–H and O–H groups in total. The van der Waals surface area contributed by atoms with Crippen molar-refractivity contribution in [2.75, 3.05) is 4.31 Å². The van der Waals surface area contributed by atoms with E-state index in [9.17, 15) is 22.9 Å². The first kappa shape index (κ1) is 17.6. The van der Waals surface area contributed by atoms with Crippen molar-refractivity contribution in [3.8, 4) is 0 Å². The molecule has 0 saturated carbocycles. The minimum Gasteiger partial charge on any atom is -0.258 e. The van der Waals surface area contributed by atoms with Crippen molar-refractivity contribution in [3.63, 3.8) is 0 Å². The molecule has 0 aliphatic heterocycles. The molecule has 0 fully saturated rings. The zero-order valence-corrected chi connectivity index (χ0v) is 14.1. The quantitative estimate of drug-likeness (QED) is 0.495. The summed E-state index contributed by atoms with van der Waals surface area (Å²) in [6.07, 6.45) is 0. The smallest absolute Gasteiger partial charge is 0.258 e. The molecule has 0 amide bonds. The van der Waals surface area contributed by atoms with E-state index in [1.54, 1.807) is 18.2 Å². The summed E-state index contributed by atoms with van der Waals surface area (Å²) < 4.78 is 40.5. The Hall–Kier alpha value is -3.26. The molecule has 3 aromatic rings. The molecule has 3 rings (SSSR count). The van der Waals surface area contributed by atoms with Crippen LogP contribution in [0.25, 0.3) is 0 Å². The number of rotatable bonds is 5. The van der Waals surface area contributed by atoms with Crippen molar-refractivity contribution >= 4 is 27.1 Å². The maximum Gasteiger partial charge on any atom is 0.293 e. The van der Waals surface area contributed by atoms with E-state index in [-0.39, 0.29) is 22.0 Å². The lowest BCUT2D eigenvalue weighted by molar-refractivity contribution is -0.384. The molecule has 0 saturated heterocycles. The number of nitro benzene ring substituents is 1. The van der Waals surface area contributed by atoms with E-state index < -0.39 is 20.8 Å². The van der Waals surface area contributed by atoms with E-state index >= 15 is 0 Å². The zero-order chi connectivity index (χ0) is 18.7. The van der Waals surface area contributed by atoms with Crippen LogP contribution in [0.15, 0.2) is 83.8 Å². The van der Waals surface area contributed by atoms with Crippen molar-refractivity contribution in [3.05, 3.63) is 94.8 Å². The monoisotopic (exact) mass is 372 g/mol. The van der Waals surface area contributed by atoms with Gasteiger partial charge in [-0.05, 0) is 42.5 Å². The van der Waals surface area contributed by atoms with Crippen LogP contribution in [-0.2, 0) is 10.0 Å². The second-order valence-corrected chi connectivity index (χ2v) is 7.09. The molecule has 0 bridgehead atoms. The van der Waals surface area contributed by atoms with E-state index in [1.807, 2.05) is 0 Å². The molecule has 0 spiro atoms. The Morgan fingerprint density at radius 2 is 1.42 bits per heavy atom. The van der Waals surface area contributed by atoms with Crippen LogP contribution in [0.1, 0.15) is 0 Å². The lowest BCUT2D eigenvalue weighted by atomic mass is 10.2. The average molecular weight is 372 g/mol. The van der Waals surface area contributed by atoms with Gasteiger partial charge in [-0.1, -0.05) is 30.3 Å². The fourth-order valence-electron chi connectivity index (χ4n) is 2.47. The third-order valence-electron chi connectivity index (χ3n) is 3.64. The average Bonchev–Trinajstić information content (AvgIpc) is 2.63. The Labute approximate surface area is 149 Å². The molecule has 132 valence electrons. The number of anilines is 2. The van der Waals surface area contributed by atoms with E-state index in [0.717, 1.165) is 28.6 Å². The van der Waals surface area contributed by atoms with Crippen molar-refractivity contribution in [2.45, 2.75) is 4.90 Å². The van der Waals surface area contributed by atoms with Gasteiger partial charge in [-0.3, -0.25) is 10.1 Å². The molecule has 0 aromatic heterocycles. The van der Waals surface area contributed by atoms with Crippen molar-refractivity contribution in [2.24, 2.45) is 0 Å². The Morgan fingerprint density at radius 1 is 0.846 bits per heavy atom. The molecule has 6 nitrogen and oxygen atoms in total. The van der Waals surface area contributed by atoms with E-state index in [0.29, 0.717) is 0 Å². The highest BCUT2D eigenvalue weighted by molar-refractivity contribution is 7.93. The number of nitro groups is 1. The number of para-hydroxylation sites is 3. The van der Waals surface area contributed by atoms with Crippen LogP contribution in [0.5, 0.6) is 0 Å². The molecule has 0 radical (unpaired) electrons. The van der Waals surface area contributed by atoms with E-state index in [2.05, 4.69) is 0 Å². The number of nitrogens with zero attached hydrogens (tertiary/aromatic N) is 2. The minimum atomic E-state index is -4.22. The summed E-state index contributed by atoms with van der Waals surface area (Å²) in [5, 5.41) is 11.4. The van der Waals surface area contributed by atoms with Crippen molar-refractivity contribution in [1.82, 2.24) is 0 Å². The van der Waals surface area contributed by atoms with Gasteiger partial charge in [-0.25, -0.2) is 17.1 Å². The highest BCUT2D eigenvalue weighted by Crippen LogP contribution is 2.37. The molecule has 26 heavy (non-hydrogen) atoms. The summed E-state index contributed by atoms with van der Waals surface area (Å²) in [7, 11) is -4.22. The molecule has 3 aromatic carbocycles. The zero-order valence-electron chi connectivity index (χ0n) is 13.3. The molecule has 8 heteroatoms. The Bertz CT molecular complexity index is 1040. The lowest BCUT2D eigenvalue weighted by Crippen LogP contribution is -2.27. The van der Waals surface area contributed by atoms with Crippen LogP contribution in [0.4, 0.5) is 21.5 Å². The molecule has 0 atom stereocenters. The maximum absolute atomic E-state index is 13.2. The summed E-state index contributed by atoms with van der Waals surface area (Å²) >= 11 is 0. The third-order valence-corrected chi connectivity index (χ3v) is 5.40. The molecular formula is C18H13FN2O4S. The first-order valence-electron chi connectivity index (χ1n) is 7.50. The fourth-order valence-corrected chi connectivity index (χ4v) is 3.98. The van der Waals surface area contributed by atoms with Crippen molar-refractivity contribution < 1.29 is 17.7 Å². The summed E-state index contributed by atoms with van der Waals surface area (Å²) in [5.41, 5.74) is -0.235. The van der Waals surface area contributed by atoms with Crippen LogP contribution >= 0.6 is 0 Å². The van der Waals surface area contributed by atoms with Crippen LogP contribution in [-0.4, -0.2) is 13.3 Å². The SMILES string of the molecule is O=[N+]([O-])c1ccccc1N(c1ccccc1)S(=O)(=O)c1ccc(F)cc1. The van der Waals surface area contributed by atoms with Gasteiger partial charge in [0.1, 0.15) is 11.5 Å². The number of hydrogen-bond acceptors (Lipinski definition) is 4. The Morgan fingerprint density at radius 3 is 2.04 bits per heavy atom. The second kappa shape index (κ2) is 6.93. The largest absolute Gasteiger partial charge is 0.293 e. The second-order valence-electron chi connectivity index (χ2n) is 5.30. The van der Waals surface area contributed by atoms with Gasteiger partial charge in [0.05, 0.1) is 15.5 Å². The predicted octanol–water partition coefficient (Wildman–Crippen LogP) is 4.26. The van der Waals surface area contributed by atoms with Gasteiger partial charge in [0, 0.05) is 6.07 Å². The van der Waals surface area contributed by atoms with Gasteiger partial charge in [0.25, 0.3) is 15.7 Å². The highest BCUT2D eigenvalue weighted by atomic mass is 32.2.